The summed E-state index contributed by atoms with van der Waals surface area (Å²) in [5.74, 6) is 0.900. The molecule has 0 unspecified atom stereocenters. The Hall–Kier alpha value is -1.97. The Balaban J connectivity index is 2.65. The van der Waals surface area contributed by atoms with Crippen molar-refractivity contribution in [3.05, 3.63) is 36.4 Å². The molecule has 0 fully saturated rings. The lowest BCUT2D eigenvalue weighted by atomic mass is 10.2. The molecular weight excluding hydrogens is 176 g/mol. The number of aryl methyl sites for hydroxylation is 1. The predicted molar refractivity (Wildman–Crippen MR) is 53.0 cm³/mol. The van der Waals surface area contributed by atoms with E-state index in [1.54, 1.807) is 6.20 Å². The van der Waals surface area contributed by atoms with Gasteiger partial charge in [-0.15, -0.1) is 10.2 Å². The van der Waals surface area contributed by atoms with Crippen LogP contribution in [-0.2, 0) is 0 Å². The van der Waals surface area contributed by atoms with Gasteiger partial charge in [-0.25, -0.2) is 0 Å². The maximum absolute atomic E-state index is 4.08. The summed E-state index contributed by atoms with van der Waals surface area (Å²) in [4.78, 5) is 4.08. The number of aromatic nitrogens is 4. The van der Waals surface area contributed by atoms with E-state index in [2.05, 4.69) is 15.2 Å². The normalized spacial score (nSPS) is 11.2. The Labute approximate surface area is 80.2 Å². The van der Waals surface area contributed by atoms with Crippen molar-refractivity contribution in [2.24, 2.45) is 0 Å². The molecular formula is C10H8N4. The average molecular weight is 184 g/mol. The van der Waals surface area contributed by atoms with E-state index in [9.17, 15) is 0 Å². The van der Waals surface area contributed by atoms with Gasteiger partial charge in [0, 0.05) is 17.8 Å². The summed E-state index contributed by atoms with van der Waals surface area (Å²) in [6, 6.07) is 5.93. The lowest BCUT2D eigenvalue weighted by molar-refractivity contribution is 1.02. The van der Waals surface area contributed by atoms with Crippen molar-refractivity contribution in [1.29, 1.82) is 0 Å². The topological polar surface area (TPSA) is 43.1 Å². The molecule has 3 heterocycles. The van der Waals surface area contributed by atoms with Crippen LogP contribution in [0.2, 0.25) is 0 Å². The van der Waals surface area contributed by atoms with Crippen LogP contribution in [0.15, 0.2) is 30.6 Å². The zero-order chi connectivity index (χ0) is 9.54. The zero-order valence-corrected chi connectivity index (χ0v) is 7.68. The summed E-state index contributed by atoms with van der Waals surface area (Å²) in [6.45, 7) is 1.94. The third-order valence-electron chi connectivity index (χ3n) is 2.33. The minimum absolute atomic E-state index is 0.876. The first-order valence-corrected chi connectivity index (χ1v) is 4.41. The van der Waals surface area contributed by atoms with Crippen molar-refractivity contribution in [1.82, 2.24) is 19.6 Å². The Morgan fingerprint density at radius 2 is 2.07 bits per heavy atom. The minimum atomic E-state index is 0.876. The van der Waals surface area contributed by atoms with Crippen LogP contribution in [0.4, 0.5) is 0 Å². The molecule has 0 N–H and O–H groups in total. The smallest absolute Gasteiger partial charge is 0.161 e. The lowest BCUT2D eigenvalue weighted by Crippen LogP contribution is -1.90. The van der Waals surface area contributed by atoms with Crippen LogP contribution in [0.5, 0.6) is 0 Å². The van der Waals surface area contributed by atoms with Crippen molar-refractivity contribution in [3.8, 4) is 0 Å². The third-order valence-corrected chi connectivity index (χ3v) is 2.33. The van der Waals surface area contributed by atoms with Crippen LogP contribution in [0, 0.1) is 6.92 Å². The molecule has 0 aliphatic rings. The summed E-state index contributed by atoms with van der Waals surface area (Å²) >= 11 is 0. The molecule has 0 saturated heterocycles. The zero-order valence-electron chi connectivity index (χ0n) is 7.68. The van der Waals surface area contributed by atoms with E-state index in [-0.39, 0.29) is 0 Å². The molecule has 68 valence electrons. The molecule has 3 aromatic rings. The van der Waals surface area contributed by atoms with Crippen LogP contribution in [0.25, 0.3) is 16.6 Å². The van der Waals surface area contributed by atoms with Gasteiger partial charge in [-0.3, -0.25) is 9.38 Å². The van der Waals surface area contributed by atoms with Gasteiger partial charge in [-0.05, 0) is 25.1 Å². The number of hydrogen-bond donors (Lipinski definition) is 0. The summed E-state index contributed by atoms with van der Waals surface area (Å²) in [6.07, 6.45) is 3.62. The van der Waals surface area contributed by atoms with E-state index in [1.807, 2.05) is 35.7 Å². The maximum atomic E-state index is 4.08. The fraction of sp³-hybridized carbons (Fsp3) is 0.100. The van der Waals surface area contributed by atoms with Crippen molar-refractivity contribution in [2.45, 2.75) is 6.92 Å². The monoisotopic (exact) mass is 184 g/mol. The van der Waals surface area contributed by atoms with Gasteiger partial charge in [0.25, 0.3) is 0 Å². The molecule has 0 saturated carbocycles. The average Bonchev–Trinajstić information content (AvgIpc) is 2.61. The number of fused-ring (bicyclic) bond motifs is 3. The number of hydrogen-bond acceptors (Lipinski definition) is 3. The van der Waals surface area contributed by atoms with Crippen molar-refractivity contribution >= 4 is 16.6 Å². The van der Waals surface area contributed by atoms with E-state index >= 15 is 0 Å². The van der Waals surface area contributed by atoms with Crippen LogP contribution >= 0.6 is 0 Å². The highest BCUT2D eigenvalue weighted by atomic mass is 15.2. The highest BCUT2D eigenvalue weighted by Crippen LogP contribution is 2.15. The van der Waals surface area contributed by atoms with Gasteiger partial charge < -0.3 is 0 Å². The van der Waals surface area contributed by atoms with Gasteiger partial charge in [-0.2, -0.15) is 0 Å². The molecule has 0 bridgehead atoms. The van der Waals surface area contributed by atoms with Gasteiger partial charge in [-0.1, -0.05) is 0 Å². The maximum Gasteiger partial charge on any atom is 0.161 e. The highest BCUT2D eigenvalue weighted by molar-refractivity contribution is 5.80. The number of rotatable bonds is 0. The van der Waals surface area contributed by atoms with Gasteiger partial charge in [0.1, 0.15) is 5.82 Å². The summed E-state index contributed by atoms with van der Waals surface area (Å²) in [5, 5.41) is 9.20. The molecule has 0 radical (unpaired) electrons. The van der Waals surface area contributed by atoms with E-state index in [4.69, 9.17) is 0 Å². The molecule has 0 spiro atoms. The third kappa shape index (κ3) is 0.849. The van der Waals surface area contributed by atoms with E-state index in [0.29, 0.717) is 0 Å². The Bertz CT molecular complexity index is 612. The predicted octanol–water partition coefficient (Wildman–Crippen LogP) is 1.59. The highest BCUT2D eigenvalue weighted by Gasteiger charge is 2.03. The van der Waals surface area contributed by atoms with E-state index < -0.39 is 0 Å². The second-order valence-corrected chi connectivity index (χ2v) is 3.21. The van der Waals surface area contributed by atoms with Crippen molar-refractivity contribution in [2.75, 3.05) is 0 Å². The molecule has 0 aromatic carbocycles. The summed E-state index contributed by atoms with van der Waals surface area (Å²) < 4.78 is 2.02. The van der Waals surface area contributed by atoms with Gasteiger partial charge in [0.2, 0.25) is 0 Å². The van der Waals surface area contributed by atoms with Crippen LogP contribution < -0.4 is 0 Å². The molecule has 0 atom stereocenters. The minimum Gasteiger partial charge on any atom is -0.279 e. The van der Waals surface area contributed by atoms with Crippen molar-refractivity contribution < 1.29 is 0 Å². The first-order valence-electron chi connectivity index (χ1n) is 4.41. The van der Waals surface area contributed by atoms with Crippen molar-refractivity contribution in [3.63, 3.8) is 0 Å². The largest absolute Gasteiger partial charge is 0.279 e. The van der Waals surface area contributed by atoms with Gasteiger partial charge in [0.15, 0.2) is 5.65 Å². The number of nitrogens with zero attached hydrogens (tertiary/aromatic N) is 4. The van der Waals surface area contributed by atoms with E-state index in [1.165, 1.54) is 0 Å². The second kappa shape index (κ2) is 2.51. The van der Waals surface area contributed by atoms with E-state index in [0.717, 1.165) is 22.4 Å². The van der Waals surface area contributed by atoms with Gasteiger partial charge >= 0.3 is 0 Å². The Morgan fingerprint density at radius 3 is 3.00 bits per heavy atom. The molecule has 14 heavy (non-hydrogen) atoms. The second-order valence-electron chi connectivity index (χ2n) is 3.21. The SMILES string of the molecule is Cc1nnc2ccc3cnccc3n12. The lowest BCUT2D eigenvalue weighted by Gasteiger charge is -2.00. The summed E-state index contributed by atoms with van der Waals surface area (Å²) in [5.41, 5.74) is 1.97. The summed E-state index contributed by atoms with van der Waals surface area (Å²) in [7, 11) is 0. The first kappa shape index (κ1) is 7.44. The molecule has 0 aliphatic carbocycles. The molecule has 0 amide bonds. The molecule has 3 aromatic heterocycles. The molecule has 4 nitrogen and oxygen atoms in total. The Morgan fingerprint density at radius 1 is 1.14 bits per heavy atom. The van der Waals surface area contributed by atoms with Crippen LogP contribution in [0.1, 0.15) is 5.82 Å². The Kier molecular flexibility index (Phi) is 1.33. The first-order chi connectivity index (χ1) is 6.86. The van der Waals surface area contributed by atoms with Crippen LogP contribution in [0.3, 0.4) is 0 Å². The van der Waals surface area contributed by atoms with Gasteiger partial charge in [0.05, 0.1) is 5.52 Å². The fourth-order valence-corrected chi connectivity index (χ4v) is 1.68. The fourth-order valence-electron chi connectivity index (χ4n) is 1.68. The standard InChI is InChI=1S/C10H8N4/c1-7-12-13-10-3-2-8-6-11-5-4-9(8)14(7)10/h2-6H,1H3. The molecule has 3 rings (SSSR count). The quantitative estimate of drug-likeness (QED) is 0.532. The number of pyridine rings is 2. The van der Waals surface area contributed by atoms with Crippen LogP contribution in [-0.4, -0.2) is 19.6 Å². The molecule has 0 aliphatic heterocycles. The molecule has 4 heteroatoms.